The van der Waals surface area contributed by atoms with Gasteiger partial charge in [0.15, 0.2) is 6.61 Å². The maximum absolute atomic E-state index is 12.1. The first-order chi connectivity index (χ1) is 11.1. The highest BCUT2D eigenvalue weighted by molar-refractivity contribution is 8.00. The van der Waals surface area contributed by atoms with Gasteiger partial charge in [-0.15, -0.1) is 11.8 Å². The molecule has 0 bridgehead atoms. The highest BCUT2D eigenvalue weighted by atomic mass is 32.2. The molecule has 1 aliphatic heterocycles. The Balaban J connectivity index is 1.64. The molecule has 0 saturated heterocycles. The summed E-state index contributed by atoms with van der Waals surface area (Å²) in [7, 11) is 1.69. The highest BCUT2D eigenvalue weighted by Crippen LogP contribution is 2.33. The van der Waals surface area contributed by atoms with E-state index in [0.29, 0.717) is 22.9 Å². The minimum absolute atomic E-state index is 0.0446. The van der Waals surface area contributed by atoms with Crippen LogP contribution >= 0.6 is 11.8 Å². The van der Waals surface area contributed by atoms with Crippen LogP contribution in [0.3, 0.4) is 0 Å². The Morgan fingerprint density at radius 2 is 2.04 bits per heavy atom. The van der Waals surface area contributed by atoms with Crippen molar-refractivity contribution in [1.29, 1.82) is 0 Å². The van der Waals surface area contributed by atoms with Crippen LogP contribution in [-0.4, -0.2) is 31.2 Å². The van der Waals surface area contributed by atoms with Gasteiger partial charge in [-0.2, -0.15) is 0 Å². The Morgan fingerprint density at radius 1 is 1.26 bits per heavy atom. The summed E-state index contributed by atoms with van der Waals surface area (Å²) in [5.41, 5.74) is 1.31. The van der Waals surface area contributed by atoms with Crippen molar-refractivity contribution in [3.05, 3.63) is 48.5 Å². The van der Waals surface area contributed by atoms with Crippen LogP contribution in [0.2, 0.25) is 0 Å². The Morgan fingerprint density at radius 3 is 2.83 bits per heavy atom. The molecule has 2 aromatic rings. The first kappa shape index (κ1) is 15.4. The van der Waals surface area contributed by atoms with Crippen molar-refractivity contribution in [3.8, 4) is 5.75 Å². The van der Waals surface area contributed by atoms with Crippen molar-refractivity contribution < 1.29 is 14.3 Å². The highest BCUT2D eigenvalue weighted by Gasteiger charge is 2.22. The molecule has 2 amide bonds. The predicted octanol–water partition coefficient (Wildman–Crippen LogP) is 2.77. The van der Waals surface area contributed by atoms with Crippen molar-refractivity contribution in [1.82, 2.24) is 0 Å². The van der Waals surface area contributed by atoms with E-state index in [4.69, 9.17) is 4.74 Å². The molecular weight excluding hydrogens is 312 g/mol. The Bertz CT molecular complexity index is 734. The molecule has 0 radical (unpaired) electrons. The van der Waals surface area contributed by atoms with Gasteiger partial charge in [0.2, 0.25) is 5.91 Å². The minimum Gasteiger partial charge on any atom is -0.482 e. The van der Waals surface area contributed by atoms with E-state index in [1.54, 1.807) is 25.2 Å². The van der Waals surface area contributed by atoms with Gasteiger partial charge < -0.3 is 15.0 Å². The fraction of sp³-hybridized carbons (Fsp3) is 0.176. The lowest BCUT2D eigenvalue weighted by atomic mass is 10.2. The molecule has 0 aliphatic carbocycles. The van der Waals surface area contributed by atoms with Gasteiger partial charge in [-0.25, -0.2) is 0 Å². The van der Waals surface area contributed by atoms with Crippen LogP contribution < -0.4 is 15.0 Å². The van der Waals surface area contributed by atoms with Gasteiger partial charge in [0.1, 0.15) is 5.75 Å². The largest absolute Gasteiger partial charge is 0.482 e. The molecule has 0 fully saturated rings. The molecule has 5 nitrogen and oxygen atoms in total. The van der Waals surface area contributed by atoms with Gasteiger partial charge in [0, 0.05) is 17.6 Å². The quantitative estimate of drug-likeness (QED) is 0.877. The second kappa shape index (κ2) is 6.75. The van der Waals surface area contributed by atoms with Gasteiger partial charge >= 0.3 is 0 Å². The number of ether oxygens (including phenoxy) is 1. The first-order valence-corrected chi connectivity index (χ1v) is 8.13. The van der Waals surface area contributed by atoms with Gasteiger partial charge in [-0.05, 0) is 30.3 Å². The predicted molar refractivity (Wildman–Crippen MR) is 91.1 cm³/mol. The molecule has 2 aromatic carbocycles. The zero-order valence-electron chi connectivity index (χ0n) is 12.6. The summed E-state index contributed by atoms with van der Waals surface area (Å²) < 4.78 is 5.36. The molecule has 6 heteroatoms. The average molecular weight is 328 g/mol. The van der Waals surface area contributed by atoms with E-state index in [0.717, 1.165) is 4.90 Å². The molecular formula is C17H16N2O3S. The van der Waals surface area contributed by atoms with Crippen LogP contribution in [0.1, 0.15) is 0 Å². The van der Waals surface area contributed by atoms with Crippen LogP contribution in [0.15, 0.2) is 53.4 Å². The van der Waals surface area contributed by atoms with Crippen LogP contribution in [0.5, 0.6) is 5.75 Å². The first-order valence-electron chi connectivity index (χ1n) is 7.14. The second-order valence-electron chi connectivity index (χ2n) is 5.07. The molecule has 0 unspecified atom stereocenters. The number of hydrogen-bond donors (Lipinski definition) is 1. The molecule has 118 valence electrons. The minimum atomic E-state index is -0.111. The third-order valence-electron chi connectivity index (χ3n) is 3.44. The number of hydrogen-bond acceptors (Lipinski definition) is 4. The molecule has 0 saturated carbocycles. The molecule has 1 heterocycles. The lowest BCUT2D eigenvalue weighted by Gasteiger charge is -2.26. The van der Waals surface area contributed by atoms with Crippen molar-refractivity contribution in [2.75, 3.05) is 29.6 Å². The zero-order valence-corrected chi connectivity index (χ0v) is 13.4. The third-order valence-corrected chi connectivity index (χ3v) is 4.45. The Hall–Kier alpha value is -2.47. The number of thioether (sulfide) groups is 1. The van der Waals surface area contributed by atoms with Crippen molar-refractivity contribution in [2.24, 2.45) is 0 Å². The Kier molecular flexibility index (Phi) is 4.52. The van der Waals surface area contributed by atoms with Crippen molar-refractivity contribution in [2.45, 2.75) is 4.90 Å². The third kappa shape index (κ3) is 3.65. The molecule has 0 atom stereocenters. The number of carbonyl (C=O) groups is 2. The number of carbonyl (C=O) groups excluding carboxylic acids is 2. The zero-order chi connectivity index (χ0) is 16.2. The van der Waals surface area contributed by atoms with E-state index in [2.05, 4.69) is 5.32 Å². The number of fused-ring (bicyclic) bond motifs is 1. The standard InChI is InChI=1S/C17H16N2O3S/c1-19-14-9-12(7-8-15(14)22-10-17(19)21)18-16(20)11-23-13-5-3-2-4-6-13/h2-9H,10-11H2,1H3,(H,18,20). The summed E-state index contributed by atoms with van der Waals surface area (Å²) in [4.78, 5) is 26.3. The number of rotatable bonds is 4. The van der Waals surface area contributed by atoms with Crippen LogP contribution in [-0.2, 0) is 9.59 Å². The lowest BCUT2D eigenvalue weighted by molar-refractivity contribution is -0.121. The van der Waals surface area contributed by atoms with Crippen molar-refractivity contribution in [3.63, 3.8) is 0 Å². The van der Waals surface area contributed by atoms with Crippen molar-refractivity contribution >= 4 is 35.0 Å². The molecule has 0 aromatic heterocycles. The topological polar surface area (TPSA) is 58.6 Å². The summed E-state index contributed by atoms with van der Waals surface area (Å²) in [6.07, 6.45) is 0. The van der Waals surface area contributed by atoms with Gasteiger partial charge in [0.25, 0.3) is 5.91 Å². The monoisotopic (exact) mass is 328 g/mol. The molecule has 0 spiro atoms. The van der Waals surface area contributed by atoms with E-state index in [1.165, 1.54) is 16.7 Å². The second-order valence-corrected chi connectivity index (χ2v) is 6.12. The smallest absolute Gasteiger partial charge is 0.264 e. The summed E-state index contributed by atoms with van der Waals surface area (Å²) in [5.74, 6) is 0.765. The number of nitrogens with one attached hydrogen (secondary N) is 1. The van der Waals surface area contributed by atoms with Gasteiger partial charge in [-0.3, -0.25) is 9.59 Å². The summed E-state index contributed by atoms with van der Waals surface area (Å²) >= 11 is 1.48. The van der Waals surface area contributed by atoms with E-state index in [-0.39, 0.29) is 18.4 Å². The maximum atomic E-state index is 12.1. The Labute approximate surface area is 138 Å². The maximum Gasteiger partial charge on any atom is 0.264 e. The van der Waals surface area contributed by atoms with E-state index < -0.39 is 0 Å². The molecule has 23 heavy (non-hydrogen) atoms. The summed E-state index contributed by atoms with van der Waals surface area (Å²) in [5, 5.41) is 2.84. The van der Waals surface area contributed by atoms with Gasteiger partial charge in [0.05, 0.1) is 11.4 Å². The lowest BCUT2D eigenvalue weighted by Crippen LogP contribution is -2.35. The van der Waals surface area contributed by atoms with Crippen LogP contribution in [0.25, 0.3) is 0 Å². The average Bonchev–Trinajstić information content (AvgIpc) is 2.58. The van der Waals surface area contributed by atoms with E-state index in [9.17, 15) is 9.59 Å². The number of amides is 2. The normalized spacial score (nSPS) is 13.3. The fourth-order valence-electron chi connectivity index (χ4n) is 2.21. The molecule has 3 rings (SSSR count). The molecule has 1 N–H and O–H groups in total. The summed E-state index contributed by atoms with van der Waals surface area (Å²) in [6.45, 7) is 0.0446. The SMILES string of the molecule is CN1C(=O)COc2ccc(NC(=O)CSc3ccccc3)cc21. The van der Waals surface area contributed by atoms with E-state index in [1.807, 2.05) is 30.3 Å². The number of benzene rings is 2. The number of likely N-dealkylation sites (N-methyl/N-ethyl adjacent to an activating group) is 1. The van der Waals surface area contributed by atoms with Gasteiger partial charge in [-0.1, -0.05) is 18.2 Å². The van der Waals surface area contributed by atoms with Crippen LogP contribution in [0, 0.1) is 0 Å². The number of anilines is 2. The van der Waals surface area contributed by atoms with Crippen LogP contribution in [0.4, 0.5) is 11.4 Å². The fourth-order valence-corrected chi connectivity index (χ4v) is 2.93. The summed E-state index contributed by atoms with van der Waals surface area (Å²) in [6, 6.07) is 15.0. The van der Waals surface area contributed by atoms with E-state index >= 15 is 0 Å². The molecule has 1 aliphatic rings. The number of nitrogens with zero attached hydrogens (tertiary/aromatic N) is 1.